The van der Waals surface area contributed by atoms with Gasteiger partial charge in [0.2, 0.25) is 0 Å². The van der Waals surface area contributed by atoms with Crippen LogP contribution < -0.4 is 5.32 Å². The van der Waals surface area contributed by atoms with Crippen molar-refractivity contribution in [1.82, 2.24) is 20.0 Å². The Kier molecular flexibility index (Phi) is 5.19. The molecule has 0 bridgehead atoms. The smallest absolute Gasteiger partial charge is 0.257 e. The minimum Gasteiger partial charge on any atom is -0.349 e. The van der Waals surface area contributed by atoms with E-state index in [2.05, 4.69) is 10.4 Å². The number of carbonyl (C=O) groups is 2. The zero-order valence-electron chi connectivity index (χ0n) is 15.5. The average molecular weight is 374 g/mol. The normalized spacial score (nSPS) is 14.6. The van der Waals surface area contributed by atoms with Gasteiger partial charge in [0.15, 0.2) is 0 Å². The first-order valence-electron chi connectivity index (χ1n) is 9.46. The second-order valence-electron chi connectivity index (χ2n) is 6.92. The minimum absolute atomic E-state index is 0.0185. The molecule has 3 aromatic rings. The number of hydrogen-bond donors (Lipinski definition) is 1. The molecule has 2 heterocycles. The highest BCUT2D eigenvalue weighted by atomic mass is 16.2. The van der Waals surface area contributed by atoms with Crippen LogP contribution in [-0.4, -0.2) is 45.6 Å². The van der Waals surface area contributed by atoms with Gasteiger partial charge in [-0.3, -0.25) is 9.59 Å². The monoisotopic (exact) mass is 374 g/mol. The third kappa shape index (κ3) is 3.96. The van der Waals surface area contributed by atoms with Crippen LogP contribution in [0, 0.1) is 0 Å². The molecule has 1 aromatic heterocycles. The maximum atomic E-state index is 12.8. The van der Waals surface area contributed by atoms with Crippen LogP contribution in [0.4, 0.5) is 0 Å². The summed E-state index contributed by atoms with van der Waals surface area (Å²) in [5.74, 6) is -0.0791. The van der Waals surface area contributed by atoms with Crippen molar-refractivity contribution in [2.24, 2.45) is 0 Å². The molecule has 28 heavy (non-hydrogen) atoms. The SMILES string of the molecule is O=C(NC1CCN(C(=O)c2cnn(-c3ccccc3)c2)CC1)c1ccccc1. The van der Waals surface area contributed by atoms with Gasteiger partial charge in [0, 0.05) is 30.9 Å². The summed E-state index contributed by atoms with van der Waals surface area (Å²) in [5.41, 5.74) is 2.16. The van der Waals surface area contributed by atoms with Crippen LogP contribution in [0.25, 0.3) is 5.69 Å². The van der Waals surface area contributed by atoms with E-state index >= 15 is 0 Å². The molecule has 1 N–H and O–H groups in total. The fourth-order valence-electron chi connectivity index (χ4n) is 3.42. The lowest BCUT2D eigenvalue weighted by Crippen LogP contribution is -2.46. The van der Waals surface area contributed by atoms with Crippen molar-refractivity contribution in [3.8, 4) is 5.69 Å². The second kappa shape index (κ2) is 8.08. The lowest BCUT2D eigenvalue weighted by Gasteiger charge is -2.32. The van der Waals surface area contributed by atoms with Gasteiger partial charge >= 0.3 is 0 Å². The molecule has 6 heteroatoms. The van der Waals surface area contributed by atoms with Crippen LogP contribution in [0.1, 0.15) is 33.6 Å². The predicted octanol–water partition coefficient (Wildman–Crippen LogP) is 2.91. The van der Waals surface area contributed by atoms with Crippen molar-refractivity contribution in [2.75, 3.05) is 13.1 Å². The van der Waals surface area contributed by atoms with E-state index in [1.807, 2.05) is 53.4 Å². The van der Waals surface area contributed by atoms with E-state index in [1.54, 1.807) is 29.2 Å². The van der Waals surface area contributed by atoms with E-state index in [0.29, 0.717) is 24.2 Å². The van der Waals surface area contributed by atoms with E-state index in [9.17, 15) is 9.59 Å². The Hall–Kier alpha value is -3.41. The summed E-state index contributed by atoms with van der Waals surface area (Å²) in [6, 6.07) is 19.0. The van der Waals surface area contributed by atoms with Crippen molar-refractivity contribution < 1.29 is 9.59 Å². The maximum Gasteiger partial charge on any atom is 0.257 e. The van der Waals surface area contributed by atoms with Gasteiger partial charge in [-0.15, -0.1) is 0 Å². The Labute approximate surface area is 163 Å². The summed E-state index contributed by atoms with van der Waals surface area (Å²) in [5, 5.41) is 7.37. The van der Waals surface area contributed by atoms with Crippen LogP contribution in [0.2, 0.25) is 0 Å². The standard InChI is InChI=1S/C22H22N4O2/c27-21(17-7-3-1-4-8-17)24-19-11-13-25(14-12-19)22(28)18-15-23-26(16-18)20-9-5-2-6-10-20/h1-10,15-16,19H,11-14H2,(H,24,27). The molecule has 4 rings (SSSR count). The van der Waals surface area contributed by atoms with Gasteiger partial charge in [-0.2, -0.15) is 5.10 Å². The predicted molar refractivity (Wildman–Crippen MR) is 106 cm³/mol. The van der Waals surface area contributed by atoms with Crippen molar-refractivity contribution in [2.45, 2.75) is 18.9 Å². The molecule has 2 aromatic carbocycles. The molecule has 1 aliphatic heterocycles. The summed E-state index contributed by atoms with van der Waals surface area (Å²) < 4.78 is 1.71. The fraction of sp³-hybridized carbons (Fsp3) is 0.227. The molecule has 0 atom stereocenters. The Morgan fingerprint density at radius 1 is 0.893 bits per heavy atom. The number of likely N-dealkylation sites (tertiary alicyclic amines) is 1. The molecular formula is C22H22N4O2. The number of hydrogen-bond acceptors (Lipinski definition) is 3. The third-order valence-electron chi connectivity index (χ3n) is 5.00. The third-order valence-corrected chi connectivity index (χ3v) is 5.00. The highest BCUT2D eigenvalue weighted by molar-refractivity contribution is 5.95. The molecule has 0 radical (unpaired) electrons. The largest absolute Gasteiger partial charge is 0.349 e. The lowest BCUT2D eigenvalue weighted by molar-refractivity contribution is 0.0698. The van der Waals surface area contributed by atoms with Gasteiger partial charge in [-0.1, -0.05) is 36.4 Å². The molecule has 0 spiro atoms. The van der Waals surface area contributed by atoms with Crippen molar-refractivity contribution in [3.05, 3.63) is 84.2 Å². The van der Waals surface area contributed by atoms with Crippen LogP contribution >= 0.6 is 0 Å². The molecule has 142 valence electrons. The van der Waals surface area contributed by atoms with Gasteiger partial charge in [-0.25, -0.2) is 4.68 Å². The van der Waals surface area contributed by atoms with Crippen LogP contribution in [-0.2, 0) is 0 Å². The maximum absolute atomic E-state index is 12.8. The second-order valence-corrected chi connectivity index (χ2v) is 6.92. The van der Waals surface area contributed by atoms with E-state index in [-0.39, 0.29) is 17.9 Å². The molecule has 0 saturated carbocycles. The Morgan fingerprint density at radius 2 is 1.54 bits per heavy atom. The minimum atomic E-state index is -0.0606. The van der Waals surface area contributed by atoms with Crippen molar-refractivity contribution >= 4 is 11.8 Å². The van der Waals surface area contributed by atoms with E-state index in [0.717, 1.165) is 18.5 Å². The molecular weight excluding hydrogens is 352 g/mol. The number of rotatable bonds is 4. The number of piperidine rings is 1. The van der Waals surface area contributed by atoms with Crippen LogP contribution in [0.5, 0.6) is 0 Å². The zero-order chi connectivity index (χ0) is 19.3. The summed E-state index contributed by atoms with van der Waals surface area (Å²) in [7, 11) is 0. The highest BCUT2D eigenvalue weighted by Gasteiger charge is 2.25. The first kappa shape index (κ1) is 18.0. The highest BCUT2D eigenvalue weighted by Crippen LogP contribution is 2.16. The molecule has 1 saturated heterocycles. The molecule has 1 aliphatic rings. The van der Waals surface area contributed by atoms with E-state index in [1.165, 1.54) is 0 Å². The number of aromatic nitrogens is 2. The number of carbonyl (C=O) groups excluding carboxylic acids is 2. The molecule has 0 unspecified atom stereocenters. The average Bonchev–Trinajstić information content (AvgIpc) is 3.25. The van der Waals surface area contributed by atoms with Gasteiger partial charge in [0.25, 0.3) is 11.8 Å². The fourth-order valence-corrected chi connectivity index (χ4v) is 3.42. The summed E-state index contributed by atoms with van der Waals surface area (Å²) in [4.78, 5) is 26.9. The Balaban J connectivity index is 1.33. The Morgan fingerprint density at radius 3 is 2.21 bits per heavy atom. The quantitative estimate of drug-likeness (QED) is 0.764. The summed E-state index contributed by atoms with van der Waals surface area (Å²) >= 11 is 0. The Bertz CT molecular complexity index is 945. The number of benzene rings is 2. The van der Waals surface area contributed by atoms with Crippen LogP contribution in [0.15, 0.2) is 73.1 Å². The van der Waals surface area contributed by atoms with E-state index < -0.39 is 0 Å². The van der Waals surface area contributed by atoms with Crippen molar-refractivity contribution in [1.29, 1.82) is 0 Å². The first-order valence-corrected chi connectivity index (χ1v) is 9.46. The number of nitrogens with zero attached hydrogens (tertiary/aromatic N) is 3. The molecule has 1 fully saturated rings. The topological polar surface area (TPSA) is 67.2 Å². The van der Waals surface area contributed by atoms with Crippen LogP contribution in [0.3, 0.4) is 0 Å². The van der Waals surface area contributed by atoms with Gasteiger partial charge in [-0.05, 0) is 37.1 Å². The van der Waals surface area contributed by atoms with Gasteiger partial charge < -0.3 is 10.2 Å². The first-order chi connectivity index (χ1) is 13.7. The number of amides is 2. The molecule has 2 amide bonds. The lowest BCUT2D eigenvalue weighted by atomic mass is 10.0. The number of para-hydroxylation sites is 1. The summed E-state index contributed by atoms with van der Waals surface area (Å²) in [6.45, 7) is 1.24. The van der Waals surface area contributed by atoms with Gasteiger partial charge in [0.1, 0.15) is 0 Å². The van der Waals surface area contributed by atoms with Gasteiger partial charge in [0.05, 0.1) is 17.4 Å². The van der Waals surface area contributed by atoms with E-state index in [4.69, 9.17) is 0 Å². The summed E-state index contributed by atoms with van der Waals surface area (Å²) in [6.07, 6.45) is 4.87. The molecule has 6 nitrogen and oxygen atoms in total. The van der Waals surface area contributed by atoms with Crippen molar-refractivity contribution in [3.63, 3.8) is 0 Å². The molecule has 0 aliphatic carbocycles. The number of nitrogens with one attached hydrogen (secondary N) is 1. The zero-order valence-corrected chi connectivity index (χ0v) is 15.5.